The van der Waals surface area contributed by atoms with Crippen LogP contribution in [-0.4, -0.2) is 19.0 Å². The fourth-order valence-corrected chi connectivity index (χ4v) is 3.02. The molecule has 0 saturated heterocycles. The van der Waals surface area contributed by atoms with Crippen molar-refractivity contribution >= 4 is 27.9 Å². The molecule has 0 saturated carbocycles. The third kappa shape index (κ3) is 5.04. The molecule has 0 fully saturated rings. The fourth-order valence-electron chi connectivity index (χ4n) is 2.46. The third-order valence-electron chi connectivity index (χ3n) is 3.73. The lowest BCUT2D eigenvalue weighted by atomic mass is 10.0. The highest BCUT2D eigenvalue weighted by molar-refractivity contribution is 9.10. The summed E-state index contributed by atoms with van der Waals surface area (Å²) in [5, 5.41) is 5.37. The molecule has 0 heterocycles. The van der Waals surface area contributed by atoms with Crippen LogP contribution in [0, 0.1) is 0 Å². The van der Waals surface area contributed by atoms with E-state index in [0.29, 0.717) is 0 Å². The van der Waals surface area contributed by atoms with Crippen molar-refractivity contribution in [3.63, 3.8) is 0 Å². The highest BCUT2D eigenvalue weighted by atomic mass is 79.9. The molecule has 0 aliphatic heterocycles. The standard InChI is InChI=1S/C18H20BrN3O3/c1-11(13-8-9-15(25-2)14(19)10-13)21-16(17(23)22-18(20)24)12-6-4-3-5-7-12/h3-11,16,21H,1-2H3,(H3,20,22,23,24)/t11-,16+/m0/s1. The Balaban J connectivity index is 2.25. The van der Waals surface area contributed by atoms with Crippen LogP contribution in [0.4, 0.5) is 4.79 Å². The molecule has 0 unspecified atom stereocenters. The smallest absolute Gasteiger partial charge is 0.318 e. The van der Waals surface area contributed by atoms with E-state index < -0.39 is 18.0 Å². The first-order valence-electron chi connectivity index (χ1n) is 7.67. The summed E-state index contributed by atoms with van der Waals surface area (Å²) in [6.07, 6.45) is 0. The molecule has 2 rings (SSSR count). The normalized spacial score (nSPS) is 12.9. The van der Waals surface area contributed by atoms with E-state index >= 15 is 0 Å². The Morgan fingerprint density at radius 1 is 1.12 bits per heavy atom. The second kappa shape index (κ2) is 8.64. The number of carbonyl (C=O) groups excluding carboxylic acids is 2. The quantitative estimate of drug-likeness (QED) is 0.688. The molecule has 0 aliphatic rings. The van der Waals surface area contributed by atoms with Gasteiger partial charge >= 0.3 is 6.03 Å². The van der Waals surface area contributed by atoms with Crippen molar-refractivity contribution < 1.29 is 14.3 Å². The van der Waals surface area contributed by atoms with Crippen molar-refractivity contribution in [1.82, 2.24) is 10.6 Å². The summed E-state index contributed by atoms with van der Waals surface area (Å²) in [5.41, 5.74) is 6.78. The zero-order valence-corrected chi connectivity index (χ0v) is 15.5. The molecule has 0 bridgehead atoms. The number of halogens is 1. The van der Waals surface area contributed by atoms with Gasteiger partial charge in [-0.25, -0.2) is 4.79 Å². The topological polar surface area (TPSA) is 93.4 Å². The van der Waals surface area contributed by atoms with Gasteiger partial charge in [-0.15, -0.1) is 0 Å². The number of methoxy groups -OCH3 is 1. The largest absolute Gasteiger partial charge is 0.496 e. The Hall–Kier alpha value is -2.38. The molecule has 0 aliphatic carbocycles. The zero-order valence-electron chi connectivity index (χ0n) is 14.0. The molecule has 2 atom stereocenters. The highest BCUT2D eigenvalue weighted by Crippen LogP contribution is 2.29. The van der Waals surface area contributed by atoms with Crippen molar-refractivity contribution in [2.45, 2.75) is 19.0 Å². The molecule has 2 aromatic rings. The average molecular weight is 406 g/mol. The van der Waals surface area contributed by atoms with Gasteiger partial charge in [0.2, 0.25) is 5.91 Å². The van der Waals surface area contributed by atoms with Gasteiger partial charge in [0.1, 0.15) is 11.8 Å². The number of amides is 3. The molecule has 7 heteroatoms. The van der Waals surface area contributed by atoms with E-state index in [1.807, 2.05) is 55.5 Å². The van der Waals surface area contributed by atoms with E-state index in [2.05, 4.69) is 26.6 Å². The minimum atomic E-state index is -0.882. The summed E-state index contributed by atoms with van der Waals surface area (Å²) >= 11 is 3.46. The van der Waals surface area contributed by atoms with Crippen LogP contribution in [0.3, 0.4) is 0 Å². The summed E-state index contributed by atoms with van der Waals surface area (Å²) < 4.78 is 6.05. The van der Waals surface area contributed by atoms with Gasteiger partial charge < -0.3 is 10.5 Å². The van der Waals surface area contributed by atoms with Gasteiger partial charge in [-0.1, -0.05) is 36.4 Å². The van der Waals surface area contributed by atoms with Crippen LogP contribution < -0.4 is 21.1 Å². The number of imide groups is 1. The third-order valence-corrected chi connectivity index (χ3v) is 4.35. The van der Waals surface area contributed by atoms with Gasteiger partial charge in [0.15, 0.2) is 0 Å². The van der Waals surface area contributed by atoms with Crippen LogP contribution in [0.1, 0.15) is 30.1 Å². The summed E-state index contributed by atoms with van der Waals surface area (Å²) in [4.78, 5) is 23.4. The molecule has 2 aromatic carbocycles. The number of rotatable bonds is 6. The van der Waals surface area contributed by atoms with E-state index in [-0.39, 0.29) is 6.04 Å². The van der Waals surface area contributed by atoms with Crippen molar-refractivity contribution in [1.29, 1.82) is 0 Å². The van der Waals surface area contributed by atoms with E-state index in [0.717, 1.165) is 21.3 Å². The van der Waals surface area contributed by atoms with E-state index in [1.54, 1.807) is 7.11 Å². The molecule has 4 N–H and O–H groups in total. The van der Waals surface area contributed by atoms with E-state index in [1.165, 1.54) is 0 Å². The summed E-state index contributed by atoms with van der Waals surface area (Å²) in [5.74, 6) is 0.222. The number of hydrogen-bond donors (Lipinski definition) is 3. The van der Waals surface area contributed by atoms with Crippen LogP contribution in [0.5, 0.6) is 5.75 Å². The van der Waals surface area contributed by atoms with Gasteiger partial charge in [0.05, 0.1) is 11.6 Å². The molecule has 25 heavy (non-hydrogen) atoms. The second-order valence-electron chi connectivity index (χ2n) is 5.48. The van der Waals surface area contributed by atoms with Gasteiger partial charge in [0, 0.05) is 6.04 Å². The molecule has 132 valence electrons. The van der Waals surface area contributed by atoms with Gasteiger partial charge in [-0.05, 0) is 46.1 Å². The van der Waals surface area contributed by atoms with Gasteiger partial charge in [-0.3, -0.25) is 15.4 Å². The predicted octanol–water partition coefficient (Wildman–Crippen LogP) is 3.04. The number of nitrogens with one attached hydrogen (secondary N) is 2. The monoisotopic (exact) mass is 405 g/mol. The number of hydrogen-bond acceptors (Lipinski definition) is 4. The lowest BCUT2D eigenvalue weighted by Gasteiger charge is -2.23. The number of carbonyl (C=O) groups is 2. The molecule has 0 aromatic heterocycles. The first kappa shape index (κ1) is 19.0. The minimum Gasteiger partial charge on any atom is -0.496 e. The maximum absolute atomic E-state index is 12.4. The highest BCUT2D eigenvalue weighted by Gasteiger charge is 2.24. The lowest BCUT2D eigenvalue weighted by Crippen LogP contribution is -2.43. The van der Waals surface area contributed by atoms with Gasteiger partial charge in [0.25, 0.3) is 0 Å². The number of nitrogens with two attached hydrogens (primary N) is 1. The summed E-state index contributed by atoms with van der Waals surface area (Å²) in [6.45, 7) is 1.93. The molecular formula is C18H20BrN3O3. The number of benzene rings is 2. The van der Waals surface area contributed by atoms with Crippen LogP contribution in [-0.2, 0) is 4.79 Å². The molecule has 0 radical (unpaired) electrons. The van der Waals surface area contributed by atoms with E-state index in [9.17, 15) is 9.59 Å². The molecule has 3 amide bonds. The molecule has 6 nitrogen and oxygen atoms in total. The molecular weight excluding hydrogens is 386 g/mol. The van der Waals surface area contributed by atoms with Crippen LogP contribution in [0.25, 0.3) is 0 Å². The van der Waals surface area contributed by atoms with Crippen molar-refractivity contribution in [3.05, 3.63) is 64.1 Å². The lowest BCUT2D eigenvalue weighted by molar-refractivity contribution is -0.122. The predicted molar refractivity (Wildman–Crippen MR) is 99.2 cm³/mol. The van der Waals surface area contributed by atoms with Crippen LogP contribution in [0.2, 0.25) is 0 Å². The summed E-state index contributed by atoms with van der Waals surface area (Å²) in [7, 11) is 1.60. The molecule has 0 spiro atoms. The minimum absolute atomic E-state index is 0.161. The van der Waals surface area contributed by atoms with Crippen molar-refractivity contribution in [3.8, 4) is 5.75 Å². The second-order valence-corrected chi connectivity index (χ2v) is 6.33. The van der Waals surface area contributed by atoms with Crippen LogP contribution in [0.15, 0.2) is 53.0 Å². The first-order valence-corrected chi connectivity index (χ1v) is 8.46. The number of ether oxygens (including phenoxy) is 1. The van der Waals surface area contributed by atoms with Crippen molar-refractivity contribution in [2.75, 3.05) is 7.11 Å². The number of urea groups is 1. The Labute approximate surface area is 154 Å². The zero-order chi connectivity index (χ0) is 18.4. The fraction of sp³-hybridized carbons (Fsp3) is 0.222. The first-order chi connectivity index (χ1) is 11.9. The Morgan fingerprint density at radius 2 is 1.80 bits per heavy atom. The number of primary amides is 1. The Morgan fingerprint density at radius 3 is 2.36 bits per heavy atom. The van der Waals surface area contributed by atoms with Crippen molar-refractivity contribution in [2.24, 2.45) is 5.73 Å². The maximum Gasteiger partial charge on any atom is 0.318 e. The Bertz CT molecular complexity index is 752. The SMILES string of the molecule is COc1ccc([C@H](C)N[C@@H](C(=O)NC(N)=O)c2ccccc2)cc1Br. The Kier molecular flexibility index (Phi) is 6.55. The van der Waals surface area contributed by atoms with Crippen LogP contribution >= 0.6 is 15.9 Å². The van der Waals surface area contributed by atoms with E-state index in [4.69, 9.17) is 10.5 Å². The maximum atomic E-state index is 12.4. The van der Waals surface area contributed by atoms with Gasteiger partial charge in [-0.2, -0.15) is 0 Å². The summed E-state index contributed by atoms with van der Waals surface area (Å²) in [6, 6.07) is 13.1. The average Bonchev–Trinajstić information content (AvgIpc) is 2.59.